The number of benzene rings is 1. The molecular formula is C16H24N4. The average Bonchev–Trinajstić information content (AvgIpc) is 2.45. The number of aromatic nitrogens is 2. The Bertz CT molecular complexity index is 565. The van der Waals surface area contributed by atoms with Crippen LogP contribution in [0, 0.1) is 0 Å². The maximum absolute atomic E-state index is 4.73. The number of anilines is 2. The van der Waals surface area contributed by atoms with Crippen molar-refractivity contribution in [3.05, 3.63) is 24.3 Å². The summed E-state index contributed by atoms with van der Waals surface area (Å²) < 4.78 is 0. The lowest BCUT2D eigenvalue weighted by Crippen LogP contribution is -2.31. The van der Waals surface area contributed by atoms with E-state index in [-0.39, 0.29) is 0 Å². The van der Waals surface area contributed by atoms with E-state index in [9.17, 15) is 0 Å². The summed E-state index contributed by atoms with van der Waals surface area (Å²) in [6, 6.07) is 8.62. The molecule has 0 bridgehead atoms. The number of fused-ring (bicyclic) bond motifs is 1. The van der Waals surface area contributed by atoms with Gasteiger partial charge in [-0.3, -0.25) is 0 Å². The van der Waals surface area contributed by atoms with E-state index < -0.39 is 0 Å². The highest BCUT2D eigenvalue weighted by Crippen LogP contribution is 2.26. The molecule has 4 heteroatoms. The molecule has 0 fully saturated rings. The van der Waals surface area contributed by atoms with E-state index >= 15 is 0 Å². The predicted molar refractivity (Wildman–Crippen MR) is 86.5 cm³/mol. The summed E-state index contributed by atoms with van der Waals surface area (Å²) in [5, 5.41) is 4.41. The first-order chi connectivity index (χ1) is 9.67. The first-order valence-electron chi connectivity index (χ1n) is 7.44. The molecule has 2 aromatic rings. The Kier molecular flexibility index (Phi) is 4.77. The Morgan fingerprint density at radius 2 is 1.90 bits per heavy atom. The van der Waals surface area contributed by atoms with Gasteiger partial charge in [-0.1, -0.05) is 19.1 Å². The van der Waals surface area contributed by atoms with Crippen LogP contribution in [0.2, 0.25) is 0 Å². The third kappa shape index (κ3) is 3.00. The van der Waals surface area contributed by atoms with Gasteiger partial charge in [0.15, 0.2) is 0 Å². The smallest absolute Gasteiger partial charge is 0.225 e. The van der Waals surface area contributed by atoms with Crippen molar-refractivity contribution >= 4 is 22.7 Å². The van der Waals surface area contributed by atoms with E-state index in [1.165, 1.54) is 0 Å². The summed E-state index contributed by atoms with van der Waals surface area (Å²) in [5.41, 5.74) is 0.996. The molecule has 2 rings (SSSR count). The average molecular weight is 272 g/mol. The maximum atomic E-state index is 4.73. The van der Waals surface area contributed by atoms with Crippen molar-refractivity contribution in [2.75, 3.05) is 23.3 Å². The fourth-order valence-corrected chi connectivity index (χ4v) is 2.35. The van der Waals surface area contributed by atoms with Gasteiger partial charge in [0.2, 0.25) is 5.95 Å². The van der Waals surface area contributed by atoms with Crippen molar-refractivity contribution in [3.63, 3.8) is 0 Å². The summed E-state index contributed by atoms with van der Waals surface area (Å²) in [7, 11) is 0. The molecule has 1 aromatic carbocycles. The number of hydrogen-bond acceptors (Lipinski definition) is 4. The van der Waals surface area contributed by atoms with Gasteiger partial charge in [-0.2, -0.15) is 4.98 Å². The van der Waals surface area contributed by atoms with E-state index in [0.717, 1.165) is 42.2 Å². The van der Waals surface area contributed by atoms with E-state index in [2.05, 4.69) is 49.0 Å². The standard InChI is InChI=1S/C16H24N4/c1-5-11-17-16-18-14-10-8-7-9-13(14)15(19-16)20(6-2)12(3)4/h7-10,12H,5-6,11H2,1-4H3,(H,17,18,19). The van der Waals surface area contributed by atoms with E-state index in [1.54, 1.807) is 0 Å². The fourth-order valence-electron chi connectivity index (χ4n) is 2.35. The van der Waals surface area contributed by atoms with Crippen LogP contribution in [0.5, 0.6) is 0 Å². The van der Waals surface area contributed by atoms with Gasteiger partial charge in [-0.15, -0.1) is 0 Å². The second-order valence-electron chi connectivity index (χ2n) is 5.19. The molecule has 0 atom stereocenters. The van der Waals surface area contributed by atoms with E-state index in [1.807, 2.05) is 18.2 Å². The van der Waals surface area contributed by atoms with Crippen LogP contribution in [0.15, 0.2) is 24.3 Å². The number of nitrogens with zero attached hydrogens (tertiary/aromatic N) is 3. The Labute approximate surface area is 121 Å². The Hall–Kier alpha value is -1.84. The summed E-state index contributed by atoms with van der Waals surface area (Å²) >= 11 is 0. The molecule has 1 aromatic heterocycles. The maximum Gasteiger partial charge on any atom is 0.225 e. The highest BCUT2D eigenvalue weighted by molar-refractivity contribution is 5.90. The zero-order chi connectivity index (χ0) is 14.5. The lowest BCUT2D eigenvalue weighted by atomic mass is 10.2. The van der Waals surface area contributed by atoms with Gasteiger partial charge in [-0.05, 0) is 39.3 Å². The van der Waals surface area contributed by atoms with Crippen molar-refractivity contribution in [3.8, 4) is 0 Å². The molecule has 20 heavy (non-hydrogen) atoms. The van der Waals surface area contributed by atoms with Gasteiger partial charge in [0.1, 0.15) is 5.82 Å². The Morgan fingerprint density at radius 3 is 2.55 bits per heavy atom. The third-order valence-corrected chi connectivity index (χ3v) is 3.35. The van der Waals surface area contributed by atoms with Crippen LogP contribution in [-0.2, 0) is 0 Å². The largest absolute Gasteiger partial charge is 0.354 e. The van der Waals surface area contributed by atoms with Gasteiger partial charge >= 0.3 is 0 Å². The van der Waals surface area contributed by atoms with Crippen LogP contribution < -0.4 is 10.2 Å². The van der Waals surface area contributed by atoms with Crippen LogP contribution >= 0.6 is 0 Å². The highest BCUT2D eigenvalue weighted by atomic mass is 15.2. The quantitative estimate of drug-likeness (QED) is 0.870. The van der Waals surface area contributed by atoms with E-state index in [0.29, 0.717) is 6.04 Å². The number of hydrogen-bond donors (Lipinski definition) is 1. The second kappa shape index (κ2) is 6.55. The highest BCUT2D eigenvalue weighted by Gasteiger charge is 2.15. The molecule has 0 aliphatic heterocycles. The number of para-hydroxylation sites is 1. The molecule has 1 N–H and O–H groups in total. The number of rotatable bonds is 6. The van der Waals surface area contributed by atoms with Gasteiger partial charge in [-0.25, -0.2) is 4.98 Å². The SMILES string of the molecule is CCCNc1nc(N(CC)C(C)C)c2ccccc2n1. The lowest BCUT2D eigenvalue weighted by molar-refractivity contribution is 0.696. The zero-order valence-electron chi connectivity index (χ0n) is 12.8. The summed E-state index contributed by atoms with van der Waals surface area (Å²) in [4.78, 5) is 11.6. The fraction of sp³-hybridized carbons (Fsp3) is 0.500. The van der Waals surface area contributed by atoms with Crippen LogP contribution in [0.3, 0.4) is 0 Å². The molecule has 0 saturated carbocycles. The van der Waals surface area contributed by atoms with Crippen LogP contribution in [0.25, 0.3) is 10.9 Å². The summed E-state index contributed by atoms with van der Waals surface area (Å²) in [5.74, 6) is 1.74. The van der Waals surface area contributed by atoms with Crippen molar-refractivity contribution < 1.29 is 0 Å². The Balaban J connectivity index is 2.53. The first-order valence-corrected chi connectivity index (χ1v) is 7.44. The van der Waals surface area contributed by atoms with Crippen molar-refractivity contribution in [1.29, 1.82) is 0 Å². The van der Waals surface area contributed by atoms with Crippen molar-refractivity contribution in [2.24, 2.45) is 0 Å². The molecule has 0 radical (unpaired) electrons. The van der Waals surface area contributed by atoms with Crippen molar-refractivity contribution in [2.45, 2.75) is 40.2 Å². The summed E-state index contributed by atoms with van der Waals surface area (Å²) in [6.07, 6.45) is 1.06. The molecule has 1 heterocycles. The lowest BCUT2D eigenvalue weighted by Gasteiger charge is -2.27. The summed E-state index contributed by atoms with van der Waals surface area (Å²) in [6.45, 7) is 10.5. The minimum absolute atomic E-state index is 0.414. The topological polar surface area (TPSA) is 41.1 Å². The first kappa shape index (κ1) is 14.6. The van der Waals surface area contributed by atoms with Gasteiger partial charge in [0.05, 0.1) is 5.52 Å². The zero-order valence-corrected chi connectivity index (χ0v) is 12.8. The molecule has 0 aliphatic carbocycles. The molecule has 108 valence electrons. The van der Waals surface area contributed by atoms with Gasteiger partial charge < -0.3 is 10.2 Å². The molecule has 0 saturated heterocycles. The van der Waals surface area contributed by atoms with E-state index in [4.69, 9.17) is 4.98 Å². The van der Waals surface area contributed by atoms with Crippen LogP contribution in [0.4, 0.5) is 11.8 Å². The molecule has 0 aliphatic rings. The molecule has 4 nitrogen and oxygen atoms in total. The van der Waals surface area contributed by atoms with Gasteiger partial charge in [0.25, 0.3) is 0 Å². The second-order valence-corrected chi connectivity index (χ2v) is 5.19. The normalized spacial score (nSPS) is 11.1. The molecular weight excluding hydrogens is 248 g/mol. The third-order valence-electron chi connectivity index (χ3n) is 3.35. The minimum Gasteiger partial charge on any atom is -0.354 e. The van der Waals surface area contributed by atoms with Gasteiger partial charge in [0, 0.05) is 24.5 Å². The predicted octanol–water partition coefficient (Wildman–Crippen LogP) is 3.69. The monoisotopic (exact) mass is 272 g/mol. The molecule has 0 spiro atoms. The number of nitrogens with one attached hydrogen (secondary N) is 1. The molecule has 0 amide bonds. The molecule has 0 unspecified atom stereocenters. The Morgan fingerprint density at radius 1 is 1.15 bits per heavy atom. The van der Waals surface area contributed by atoms with Crippen LogP contribution in [-0.4, -0.2) is 29.1 Å². The van der Waals surface area contributed by atoms with Crippen molar-refractivity contribution in [1.82, 2.24) is 9.97 Å². The van der Waals surface area contributed by atoms with Crippen LogP contribution in [0.1, 0.15) is 34.1 Å². The minimum atomic E-state index is 0.414.